The first kappa shape index (κ1) is 22.3. The first-order chi connectivity index (χ1) is 14.2. The number of rotatable bonds is 7. The van der Waals surface area contributed by atoms with Gasteiger partial charge < -0.3 is 10.1 Å². The molecule has 1 aliphatic rings. The first-order valence-corrected chi connectivity index (χ1v) is 11.5. The third-order valence-electron chi connectivity index (χ3n) is 5.03. The summed E-state index contributed by atoms with van der Waals surface area (Å²) in [6, 6.07) is 10.3. The SMILES string of the molecule is Cc1cc(C)cc(NS(=O)(=O)c2cc(C(=O)NCCN3CCOCC3)ccc2C)c1. The highest BCUT2D eigenvalue weighted by Crippen LogP contribution is 2.22. The molecular formula is C22H29N3O4S. The molecule has 1 aliphatic heterocycles. The zero-order valence-corrected chi connectivity index (χ0v) is 18.5. The first-order valence-electron chi connectivity index (χ1n) is 10.0. The van der Waals surface area contributed by atoms with E-state index in [1.54, 1.807) is 31.2 Å². The lowest BCUT2D eigenvalue weighted by atomic mass is 10.1. The van der Waals surface area contributed by atoms with Crippen LogP contribution in [0.3, 0.4) is 0 Å². The van der Waals surface area contributed by atoms with Crippen molar-refractivity contribution in [3.8, 4) is 0 Å². The Morgan fingerprint density at radius 3 is 2.37 bits per heavy atom. The number of nitrogens with one attached hydrogen (secondary N) is 2. The van der Waals surface area contributed by atoms with E-state index in [1.165, 1.54) is 6.07 Å². The van der Waals surface area contributed by atoms with Gasteiger partial charge in [-0.25, -0.2) is 8.42 Å². The van der Waals surface area contributed by atoms with Crippen molar-refractivity contribution in [2.75, 3.05) is 44.1 Å². The van der Waals surface area contributed by atoms with Crippen molar-refractivity contribution >= 4 is 21.6 Å². The van der Waals surface area contributed by atoms with Gasteiger partial charge in [-0.3, -0.25) is 14.4 Å². The van der Waals surface area contributed by atoms with Crippen LogP contribution in [0.4, 0.5) is 5.69 Å². The van der Waals surface area contributed by atoms with Crippen molar-refractivity contribution in [1.29, 1.82) is 0 Å². The summed E-state index contributed by atoms with van der Waals surface area (Å²) < 4.78 is 33.9. The second-order valence-corrected chi connectivity index (χ2v) is 9.32. The number of morpholine rings is 1. The molecule has 0 saturated carbocycles. The minimum atomic E-state index is -3.82. The Labute approximate surface area is 178 Å². The summed E-state index contributed by atoms with van der Waals surface area (Å²) in [5, 5.41) is 2.87. The van der Waals surface area contributed by atoms with Gasteiger partial charge in [0.2, 0.25) is 0 Å². The highest BCUT2D eigenvalue weighted by atomic mass is 32.2. The minimum absolute atomic E-state index is 0.0995. The molecule has 8 heteroatoms. The Bertz CT molecular complexity index is 995. The number of carbonyl (C=O) groups is 1. The van der Waals surface area contributed by atoms with Gasteiger partial charge in [-0.15, -0.1) is 0 Å². The second-order valence-electron chi connectivity index (χ2n) is 7.67. The molecule has 0 atom stereocenters. The average molecular weight is 432 g/mol. The Hall–Kier alpha value is -2.42. The van der Waals surface area contributed by atoms with E-state index in [1.807, 2.05) is 19.9 Å². The van der Waals surface area contributed by atoms with E-state index in [4.69, 9.17) is 4.74 Å². The van der Waals surface area contributed by atoms with Crippen LogP contribution >= 0.6 is 0 Å². The van der Waals surface area contributed by atoms with Gasteiger partial charge in [0.1, 0.15) is 0 Å². The van der Waals surface area contributed by atoms with Gasteiger partial charge in [0, 0.05) is 37.4 Å². The van der Waals surface area contributed by atoms with Crippen molar-refractivity contribution in [3.63, 3.8) is 0 Å². The third kappa shape index (κ3) is 5.81. The predicted octanol–water partition coefficient (Wildman–Crippen LogP) is 2.47. The molecule has 0 aliphatic carbocycles. The zero-order chi connectivity index (χ0) is 21.7. The number of carbonyl (C=O) groups excluding carboxylic acids is 1. The monoisotopic (exact) mass is 431 g/mol. The lowest BCUT2D eigenvalue weighted by molar-refractivity contribution is 0.0383. The van der Waals surface area contributed by atoms with Crippen LogP contribution in [0.25, 0.3) is 0 Å². The van der Waals surface area contributed by atoms with Gasteiger partial charge in [-0.1, -0.05) is 12.1 Å². The third-order valence-corrected chi connectivity index (χ3v) is 6.55. The van der Waals surface area contributed by atoms with Crippen LogP contribution in [-0.4, -0.2) is 58.6 Å². The summed E-state index contributed by atoms with van der Waals surface area (Å²) in [5.41, 5.74) is 3.35. The van der Waals surface area contributed by atoms with E-state index >= 15 is 0 Å². The number of nitrogens with zero attached hydrogens (tertiary/aromatic N) is 1. The van der Waals surface area contributed by atoms with E-state index in [2.05, 4.69) is 14.9 Å². The van der Waals surface area contributed by atoms with Crippen LogP contribution in [0.15, 0.2) is 41.3 Å². The van der Waals surface area contributed by atoms with Gasteiger partial charge >= 0.3 is 0 Å². The van der Waals surface area contributed by atoms with Gasteiger partial charge in [0.05, 0.1) is 18.1 Å². The standard InChI is InChI=1S/C22H29N3O4S/c1-16-12-17(2)14-20(13-16)24-30(27,28)21-15-19(5-4-18(21)3)22(26)23-6-7-25-8-10-29-11-9-25/h4-5,12-15,24H,6-11H2,1-3H3,(H,23,26). The molecule has 1 heterocycles. The van der Waals surface area contributed by atoms with E-state index in [0.717, 1.165) is 30.8 Å². The number of ether oxygens (including phenoxy) is 1. The highest BCUT2D eigenvalue weighted by Gasteiger charge is 2.20. The molecule has 2 aromatic rings. The molecule has 0 spiro atoms. The molecule has 1 fully saturated rings. The topological polar surface area (TPSA) is 87.7 Å². The van der Waals surface area contributed by atoms with E-state index in [9.17, 15) is 13.2 Å². The van der Waals surface area contributed by atoms with Crippen molar-refractivity contribution in [2.24, 2.45) is 0 Å². The number of hydrogen-bond donors (Lipinski definition) is 2. The molecule has 162 valence electrons. The smallest absolute Gasteiger partial charge is 0.262 e. The largest absolute Gasteiger partial charge is 0.379 e. The Kier molecular flexibility index (Phi) is 7.12. The number of sulfonamides is 1. The Morgan fingerprint density at radius 1 is 1.03 bits per heavy atom. The molecule has 30 heavy (non-hydrogen) atoms. The minimum Gasteiger partial charge on any atom is -0.379 e. The molecule has 2 N–H and O–H groups in total. The molecule has 0 radical (unpaired) electrons. The average Bonchev–Trinajstić information content (AvgIpc) is 2.67. The second kappa shape index (κ2) is 9.59. The van der Waals surface area contributed by atoms with Crippen LogP contribution in [0, 0.1) is 20.8 Å². The molecule has 0 aromatic heterocycles. The summed E-state index contributed by atoms with van der Waals surface area (Å²) in [6.07, 6.45) is 0. The fourth-order valence-electron chi connectivity index (χ4n) is 3.53. The highest BCUT2D eigenvalue weighted by molar-refractivity contribution is 7.92. The quantitative estimate of drug-likeness (QED) is 0.703. The van der Waals surface area contributed by atoms with Crippen molar-refractivity contribution in [2.45, 2.75) is 25.7 Å². The van der Waals surface area contributed by atoms with Crippen LogP contribution < -0.4 is 10.0 Å². The van der Waals surface area contributed by atoms with Crippen LogP contribution in [0.2, 0.25) is 0 Å². The maximum atomic E-state index is 13.0. The van der Waals surface area contributed by atoms with Crippen LogP contribution in [0.5, 0.6) is 0 Å². The fraction of sp³-hybridized carbons (Fsp3) is 0.409. The maximum Gasteiger partial charge on any atom is 0.262 e. The molecule has 1 amide bonds. The Balaban J connectivity index is 1.70. The Morgan fingerprint density at radius 2 is 1.70 bits per heavy atom. The molecule has 0 unspecified atom stereocenters. The number of benzene rings is 2. The fourth-order valence-corrected chi connectivity index (χ4v) is 4.84. The number of amides is 1. The summed E-state index contributed by atoms with van der Waals surface area (Å²) in [4.78, 5) is 14.9. The van der Waals surface area contributed by atoms with Crippen LogP contribution in [-0.2, 0) is 14.8 Å². The predicted molar refractivity (Wildman–Crippen MR) is 117 cm³/mol. The lowest BCUT2D eigenvalue weighted by Crippen LogP contribution is -2.41. The molecule has 7 nitrogen and oxygen atoms in total. The summed E-state index contributed by atoms with van der Waals surface area (Å²) in [6.45, 7) is 9.91. The zero-order valence-electron chi connectivity index (χ0n) is 17.7. The van der Waals surface area contributed by atoms with Gasteiger partial charge in [0.25, 0.3) is 15.9 Å². The van der Waals surface area contributed by atoms with Gasteiger partial charge in [0.15, 0.2) is 0 Å². The summed E-state index contributed by atoms with van der Waals surface area (Å²) >= 11 is 0. The van der Waals surface area contributed by atoms with Crippen molar-refractivity contribution in [1.82, 2.24) is 10.2 Å². The van der Waals surface area contributed by atoms with Crippen molar-refractivity contribution < 1.29 is 17.9 Å². The molecule has 0 bridgehead atoms. The summed E-state index contributed by atoms with van der Waals surface area (Å²) in [7, 11) is -3.82. The van der Waals surface area contributed by atoms with E-state index < -0.39 is 10.0 Å². The van der Waals surface area contributed by atoms with E-state index in [0.29, 0.717) is 36.6 Å². The van der Waals surface area contributed by atoms with Crippen molar-refractivity contribution in [3.05, 3.63) is 58.7 Å². The summed E-state index contributed by atoms with van der Waals surface area (Å²) in [5.74, 6) is -0.286. The normalized spacial score (nSPS) is 15.0. The van der Waals surface area contributed by atoms with Gasteiger partial charge in [-0.2, -0.15) is 0 Å². The number of anilines is 1. The van der Waals surface area contributed by atoms with Gasteiger partial charge in [-0.05, 0) is 61.7 Å². The molecule has 3 rings (SSSR count). The maximum absolute atomic E-state index is 13.0. The molecular weight excluding hydrogens is 402 g/mol. The molecule has 1 saturated heterocycles. The molecule has 2 aromatic carbocycles. The van der Waals surface area contributed by atoms with E-state index in [-0.39, 0.29) is 10.8 Å². The number of hydrogen-bond acceptors (Lipinski definition) is 5. The number of aryl methyl sites for hydroxylation is 3. The lowest BCUT2D eigenvalue weighted by Gasteiger charge is -2.26. The van der Waals surface area contributed by atoms with Crippen LogP contribution in [0.1, 0.15) is 27.0 Å².